The van der Waals surface area contributed by atoms with Crippen LogP contribution >= 0.6 is 0 Å². The highest BCUT2D eigenvalue weighted by Crippen LogP contribution is 2.47. The maximum atomic E-state index is 3.56. The average Bonchev–Trinajstić information content (AvgIpc) is 2.46. The van der Waals surface area contributed by atoms with E-state index in [1.165, 1.54) is 51.6 Å². The Kier molecular flexibility index (Phi) is 3.94. The lowest BCUT2D eigenvalue weighted by molar-refractivity contribution is 0.0964. The lowest BCUT2D eigenvalue weighted by atomic mass is 9.66. The first kappa shape index (κ1) is 12.4. The summed E-state index contributed by atoms with van der Waals surface area (Å²) in [5.74, 6) is 2.79. The molecule has 16 heavy (non-hydrogen) atoms. The molecule has 1 saturated heterocycles. The smallest absolute Gasteiger partial charge is 0.00178 e. The van der Waals surface area contributed by atoms with Gasteiger partial charge in [0.25, 0.3) is 0 Å². The first-order valence-corrected chi connectivity index (χ1v) is 7.35. The van der Waals surface area contributed by atoms with Crippen LogP contribution in [0.5, 0.6) is 0 Å². The molecule has 1 heterocycles. The standard InChI is InChI=1S/C15H29N/c1-12(2)14-5-4-7-15(8-6-14)9-10-16-11-13(15)3/h12-14,16H,4-11H2,1-3H3. The van der Waals surface area contributed by atoms with E-state index in [-0.39, 0.29) is 0 Å². The predicted molar refractivity (Wildman–Crippen MR) is 70.5 cm³/mol. The Labute approximate surface area is 101 Å². The fraction of sp³-hybridized carbons (Fsp3) is 1.00. The van der Waals surface area contributed by atoms with E-state index < -0.39 is 0 Å². The first-order valence-electron chi connectivity index (χ1n) is 7.35. The lowest BCUT2D eigenvalue weighted by Gasteiger charge is -2.43. The van der Waals surface area contributed by atoms with Gasteiger partial charge in [-0.3, -0.25) is 0 Å². The van der Waals surface area contributed by atoms with Crippen molar-refractivity contribution in [1.29, 1.82) is 0 Å². The Hall–Kier alpha value is -0.0400. The van der Waals surface area contributed by atoms with E-state index in [2.05, 4.69) is 26.1 Å². The van der Waals surface area contributed by atoms with Crippen LogP contribution in [0.1, 0.15) is 59.3 Å². The van der Waals surface area contributed by atoms with Gasteiger partial charge in [0, 0.05) is 0 Å². The molecule has 3 atom stereocenters. The summed E-state index contributed by atoms with van der Waals surface area (Å²) < 4.78 is 0. The molecule has 2 aliphatic rings. The molecular weight excluding hydrogens is 194 g/mol. The zero-order valence-electron chi connectivity index (χ0n) is 11.4. The average molecular weight is 223 g/mol. The fourth-order valence-electron chi connectivity index (χ4n) is 3.99. The summed E-state index contributed by atoms with van der Waals surface area (Å²) >= 11 is 0. The second-order valence-electron chi connectivity index (χ2n) is 6.65. The van der Waals surface area contributed by atoms with Crippen LogP contribution in [0.25, 0.3) is 0 Å². The van der Waals surface area contributed by atoms with Gasteiger partial charge in [-0.15, -0.1) is 0 Å². The van der Waals surface area contributed by atoms with Gasteiger partial charge >= 0.3 is 0 Å². The van der Waals surface area contributed by atoms with Crippen molar-refractivity contribution in [2.24, 2.45) is 23.2 Å². The molecular formula is C15H29N. The van der Waals surface area contributed by atoms with Gasteiger partial charge in [0.1, 0.15) is 0 Å². The van der Waals surface area contributed by atoms with Crippen LogP contribution in [0.2, 0.25) is 0 Å². The van der Waals surface area contributed by atoms with Gasteiger partial charge < -0.3 is 5.32 Å². The van der Waals surface area contributed by atoms with Crippen LogP contribution in [0.15, 0.2) is 0 Å². The third kappa shape index (κ3) is 2.45. The lowest BCUT2D eigenvalue weighted by Crippen LogP contribution is -2.43. The van der Waals surface area contributed by atoms with E-state index in [1.807, 2.05) is 0 Å². The molecule has 94 valence electrons. The molecule has 0 amide bonds. The van der Waals surface area contributed by atoms with Crippen molar-refractivity contribution in [2.75, 3.05) is 13.1 Å². The van der Waals surface area contributed by atoms with E-state index in [1.54, 1.807) is 0 Å². The maximum Gasteiger partial charge on any atom is -0.00178 e. The number of nitrogens with one attached hydrogen (secondary N) is 1. The Morgan fingerprint density at radius 2 is 1.94 bits per heavy atom. The van der Waals surface area contributed by atoms with Gasteiger partial charge in [0.15, 0.2) is 0 Å². The summed E-state index contributed by atoms with van der Waals surface area (Å²) in [6, 6.07) is 0. The third-order valence-corrected chi connectivity index (χ3v) is 5.50. The molecule has 1 heteroatoms. The van der Waals surface area contributed by atoms with Gasteiger partial charge in [-0.2, -0.15) is 0 Å². The summed E-state index contributed by atoms with van der Waals surface area (Å²) in [5, 5.41) is 3.56. The number of piperidine rings is 1. The van der Waals surface area contributed by atoms with Crippen molar-refractivity contribution in [3.05, 3.63) is 0 Å². The van der Waals surface area contributed by atoms with E-state index in [0.29, 0.717) is 5.41 Å². The molecule has 0 aromatic carbocycles. The molecule has 3 unspecified atom stereocenters. The second-order valence-corrected chi connectivity index (χ2v) is 6.65. The molecule has 0 bridgehead atoms. The molecule has 0 aromatic rings. The molecule has 1 N–H and O–H groups in total. The Bertz CT molecular complexity index is 223. The number of hydrogen-bond donors (Lipinski definition) is 1. The summed E-state index contributed by atoms with van der Waals surface area (Å²) in [7, 11) is 0. The summed E-state index contributed by atoms with van der Waals surface area (Å²) in [6.07, 6.45) is 8.88. The SMILES string of the molecule is CC(C)C1CCCC2(CCNCC2C)CC1. The molecule has 1 nitrogen and oxygen atoms in total. The third-order valence-electron chi connectivity index (χ3n) is 5.50. The van der Waals surface area contributed by atoms with Crippen LogP contribution in [0.4, 0.5) is 0 Å². The van der Waals surface area contributed by atoms with Crippen molar-refractivity contribution in [1.82, 2.24) is 5.32 Å². The topological polar surface area (TPSA) is 12.0 Å². The number of rotatable bonds is 1. The minimum Gasteiger partial charge on any atom is -0.316 e. The van der Waals surface area contributed by atoms with Gasteiger partial charge in [-0.25, -0.2) is 0 Å². The maximum absolute atomic E-state index is 3.56. The van der Waals surface area contributed by atoms with Crippen molar-refractivity contribution in [3.63, 3.8) is 0 Å². The molecule has 1 saturated carbocycles. The monoisotopic (exact) mass is 223 g/mol. The van der Waals surface area contributed by atoms with Gasteiger partial charge in [0.05, 0.1) is 0 Å². The van der Waals surface area contributed by atoms with E-state index >= 15 is 0 Å². The molecule has 1 spiro atoms. The molecule has 1 aliphatic heterocycles. The Morgan fingerprint density at radius 3 is 2.62 bits per heavy atom. The van der Waals surface area contributed by atoms with Crippen molar-refractivity contribution < 1.29 is 0 Å². The highest BCUT2D eigenvalue weighted by atomic mass is 14.9. The van der Waals surface area contributed by atoms with E-state index in [9.17, 15) is 0 Å². The molecule has 0 radical (unpaired) electrons. The minimum atomic E-state index is 0.703. The zero-order valence-corrected chi connectivity index (χ0v) is 11.4. The molecule has 1 aliphatic carbocycles. The largest absolute Gasteiger partial charge is 0.316 e. The van der Waals surface area contributed by atoms with Gasteiger partial charge in [-0.1, -0.05) is 33.6 Å². The van der Waals surface area contributed by atoms with Crippen LogP contribution < -0.4 is 5.32 Å². The van der Waals surface area contributed by atoms with Crippen LogP contribution in [-0.4, -0.2) is 13.1 Å². The quantitative estimate of drug-likeness (QED) is 0.712. The van der Waals surface area contributed by atoms with Crippen LogP contribution in [-0.2, 0) is 0 Å². The Balaban J connectivity index is 2.01. The van der Waals surface area contributed by atoms with Crippen LogP contribution in [0.3, 0.4) is 0 Å². The highest BCUT2D eigenvalue weighted by Gasteiger charge is 2.39. The van der Waals surface area contributed by atoms with E-state index in [0.717, 1.165) is 17.8 Å². The highest BCUT2D eigenvalue weighted by molar-refractivity contribution is 4.92. The van der Waals surface area contributed by atoms with Crippen molar-refractivity contribution in [2.45, 2.75) is 59.3 Å². The molecule has 0 aromatic heterocycles. The Morgan fingerprint density at radius 1 is 1.12 bits per heavy atom. The normalized spacial score (nSPS) is 41.2. The zero-order chi connectivity index (χ0) is 11.6. The van der Waals surface area contributed by atoms with Crippen molar-refractivity contribution in [3.8, 4) is 0 Å². The van der Waals surface area contributed by atoms with E-state index in [4.69, 9.17) is 0 Å². The number of hydrogen-bond acceptors (Lipinski definition) is 1. The summed E-state index contributed by atoms with van der Waals surface area (Å²) in [4.78, 5) is 0. The van der Waals surface area contributed by atoms with Gasteiger partial charge in [0.2, 0.25) is 0 Å². The van der Waals surface area contributed by atoms with Crippen molar-refractivity contribution >= 4 is 0 Å². The first-order chi connectivity index (χ1) is 7.64. The summed E-state index contributed by atoms with van der Waals surface area (Å²) in [6.45, 7) is 9.81. The molecule has 2 fully saturated rings. The predicted octanol–water partition coefficient (Wildman–Crippen LogP) is 3.84. The molecule has 2 rings (SSSR count). The minimum absolute atomic E-state index is 0.703. The second kappa shape index (κ2) is 5.08. The fourth-order valence-corrected chi connectivity index (χ4v) is 3.99. The van der Waals surface area contributed by atoms with Gasteiger partial charge in [-0.05, 0) is 61.9 Å². The van der Waals surface area contributed by atoms with Crippen LogP contribution in [0, 0.1) is 23.2 Å². The summed E-state index contributed by atoms with van der Waals surface area (Å²) in [5.41, 5.74) is 0.703.